The van der Waals surface area contributed by atoms with E-state index in [1.807, 2.05) is 0 Å². The fraction of sp³-hybridized carbons (Fsp3) is 0.500. The SMILES string of the molecule is C#C[C@@H](C)OS. The lowest BCUT2D eigenvalue weighted by atomic mass is 10.4. The minimum absolute atomic E-state index is 0.173. The Balaban J connectivity index is 3.04. The van der Waals surface area contributed by atoms with E-state index in [1.54, 1.807) is 6.92 Å². The smallest absolute Gasteiger partial charge is 0.129 e. The van der Waals surface area contributed by atoms with Gasteiger partial charge in [-0.1, -0.05) is 5.92 Å². The second-order valence-corrected chi connectivity index (χ2v) is 1.13. The van der Waals surface area contributed by atoms with Crippen LogP contribution in [0.1, 0.15) is 6.92 Å². The summed E-state index contributed by atoms with van der Waals surface area (Å²) in [5, 5.41) is 0. The fourth-order valence-corrected chi connectivity index (χ4v) is 0.0913. The normalized spacial score (nSPS) is 12.8. The van der Waals surface area contributed by atoms with Gasteiger partial charge in [-0.05, 0) is 19.8 Å². The molecular formula is C4H6OS. The predicted octanol–water partition coefficient (Wildman–Crippen LogP) is 0.869. The van der Waals surface area contributed by atoms with Crippen molar-refractivity contribution in [1.29, 1.82) is 0 Å². The van der Waals surface area contributed by atoms with Crippen molar-refractivity contribution >= 4 is 12.9 Å². The van der Waals surface area contributed by atoms with Gasteiger partial charge >= 0.3 is 0 Å². The lowest BCUT2D eigenvalue weighted by Crippen LogP contribution is -1.93. The van der Waals surface area contributed by atoms with Crippen LogP contribution in [0, 0.1) is 12.3 Å². The molecule has 0 rings (SSSR count). The highest BCUT2D eigenvalue weighted by Gasteiger charge is 1.85. The highest BCUT2D eigenvalue weighted by atomic mass is 32.1. The van der Waals surface area contributed by atoms with Crippen molar-refractivity contribution < 1.29 is 4.18 Å². The van der Waals surface area contributed by atoms with Crippen molar-refractivity contribution in [2.75, 3.05) is 0 Å². The first kappa shape index (κ1) is 5.87. The lowest BCUT2D eigenvalue weighted by molar-refractivity contribution is 0.339. The van der Waals surface area contributed by atoms with Crippen LogP contribution in [-0.4, -0.2) is 6.10 Å². The molecule has 0 N–H and O–H groups in total. The quantitative estimate of drug-likeness (QED) is 0.293. The molecule has 1 nitrogen and oxygen atoms in total. The van der Waals surface area contributed by atoms with Crippen LogP contribution >= 0.6 is 12.9 Å². The number of hydrogen-bond donors (Lipinski definition) is 1. The topological polar surface area (TPSA) is 9.23 Å². The molecule has 0 aliphatic carbocycles. The van der Waals surface area contributed by atoms with Crippen molar-refractivity contribution in [3.8, 4) is 12.3 Å². The van der Waals surface area contributed by atoms with E-state index in [0.717, 1.165) is 0 Å². The molecule has 0 saturated heterocycles. The first-order chi connectivity index (χ1) is 2.81. The van der Waals surface area contributed by atoms with Gasteiger partial charge in [0.05, 0.1) is 0 Å². The first-order valence-corrected chi connectivity index (χ1v) is 1.94. The Bertz CT molecular complexity index is 64.4. The van der Waals surface area contributed by atoms with Gasteiger partial charge in [0.25, 0.3) is 0 Å². The standard InChI is InChI=1S/C4H6OS/c1-3-4(2)5-6/h1,4,6H,2H3/t4-/m1/s1. The number of rotatable bonds is 1. The van der Waals surface area contributed by atoms with E-state index in [-0.39, 0.29) is 6.10 Å². The third-order valence-electron chi connectivity index (χ3n) is 0.393. The van der Waals surface area contributed by atoms with Gasteiger partial charge in [-0.3, -0.25) is 0 Å². The minimum atomic E-state index is -0.173. The third kappa shape index (κ3) is 2.13. The predicted molar refractivity (Wildman–Crippen MR) is 28.4 cm³/mol. The van der Waals surface area contributed by atoms with Gasteiger partial charge in [-0.15, -0.1) is 6.42 Å². The molecule has 6 heavy (non-hydrogen) atoms. The van der Waals surface area contributed by atoms with Crippen LogP contribution in [0.4, 0.5) is 0 Å². The second kappa shape index (κ2) is 3.08. The minimum Gasteiger partial charge on any atom is -0.303 e. The summed E-state index contributed by atoms with van der Waals surface area (Å²) in [6.07, 6.45) is 4.69. The molecular weight excluding hydrogens is 96.1 g/mol. The van der Waals surface area contributed by atoms with Crippen LogP contribution in [0.15, 0.2) is 0 Å². The Morgan fingerprint density at radius 1 is 2.00 bits per heavy atom. The monoisotopic (exact) mass is 102 g/mol. The lowest BCUT2D eigenvalue weighted by Gasteiger charge is -1.92. The van der Waals surface area contributed by atoms with Crippen molar-refractivity contribution in [1.82, 2.24) is 0 Å². The molecule has 1 atom stereocenters. The summed E-state index contributed by atoms with van der Waals surface area (Å²) in [6.45, 7) is 1.74. The molecule has 0 aromatic rings. The molecule has 0 aromatic carbocycles. The number of terminal acetylenes is 1. The molecule has 0 radical (unpaired) electrons. The van der Waals surface area contributed by atoms with Crippen LogP contribution in [0.2, 0.25) is 0 Å². The molecule has 0 saturated carbocycles. The van der Waals surface area contributed by atoms with Crippen LogP contribution < -0.4 is 0 Å². The van der Waals surface area contributed by atoms with Crippen LogP contribution in [0.25, 0.3) is 0 Å². The van der Waals surface area contributed by atoms with Crippen LogP contribution in [0.5, 0.6) is 0 Å². The molecule has 0 heterocycles. The van der Waals surface area contributed by atoms with Crippen LogP contribution in [0.3, 0.4) is 0 Å². The van der Waals surface area contributed by atoms with Crippen molar-refractivity contribution in [2.45, 2.75) is 13.0 Å². The molecule has 34 valence electrons. The first-order valence-electron chi connectivity index (χ1n) is 1.57. The number of thiol groups is 1. The van der Waals surface area contributed by atoms with Gasteiger partial charge in [0, 0.05) is 0 Å². The third-order valence-corrected chi connectivity index (χ3v) is 0.709. The van der Waals surface area contributed by atoms with E-state index in [1.165, 1.54) is 0 Å². The van der Waals surface area contributed by atoms with E-state index < -0.39 is 0 Å². The molecule has 0 aromatic heterocycles. The molecule has 0 spiro atoms. The Kier molecular flexibility index (Phi) is 3.01. The largest absolute Gasteiger partial charge is 0.303 e. The van der Waals surface area contributed by atoms with E-state index in [9.17, 15) is 0 Å². The van der Waals surface area contributed by atoms with Gasteiger partial charge in [0.15, 0.2) is 0 Å². The average molecular weight is 102 g/mol. The van der Waals surface area contributed by atoms with Gasteiger partial charge in [0.2, 0.25) is 0 Å². The number of hydrogen-bond acceptors (Lipinski definition) is 2. The van der Waals surface area contributed by atoms with Gasteiger partial charge in [0.1, 0.15) is 6.10 Å². The zero-order valence-corrected chi connectivity index (χ0v) is 4.40. The molecule has 0 aliphatic heterocycles. The molecule has 0 bridgehead atoms. The van der Waals surface area contributed by atoms with Crippen LogP contribution in [-0.2, 0) is 4.18 Å². The average Bonchev–Trinajstić information content (AvgIpc) is 1.65. The maximum atomic E-state index is 4.86. The summed E-state index contributed by atoms with van der Waals surface area (Å²) in [7, 11) is 0. The van der Waals surface area contributed by atoms with Gasteiger partial charge < -0.3 is 4.18 Å². The Hall–Kier alpha value is -0.130. The van der Waals surface area contributed by atoms with Gasteiger partial charge in [-0.25, -0.2) is 0 Å². The highest BCUT2D eigenvalue weighted by Crippen LogP contribution is 1.87. The summed E-state index contributed by atoms with van der Waals surface area (Å²) in [5.41, 5.74) is 0. The molecule has 0 fully saturated rings. The van der Waals surface area contributed by atoms with E-state index in [4.69, 9.17) is 6.42 Å². The van der Waals surface area contributed by atoms with Gasteiger partial charge in [-0.2, -0.15) is 0 Å². The van der Waals surface area contributed by atoms with Crippen molar-refractivity contribution in [3.05, 3.63) is 0 Å². The van der Waals surface area contributed by atoms with Crippen molar-refractivity contribution in [3.63, 3.8) is 0 Å². The van der Waals surface area contributed by atoms with E-state index in [2.05, 4.69) is 23.0 Å². The Morgan fingerprint density at radius 2 is 2.50 bits per heavy atom. The Morgan fingerprint density at radius 3 is 2.50 bits per heavy atom. The summed E-state index contributed by atoms with van der Waals surface area (Å²) < 4.78 is 4.36. The Labute approximate surface area is 43.3 Å². The summed E-state index contributed by atoms with van der Waals surface area (Å²) >= 11 is 3.45. The maximum absolute atomic E-state index is 4.86. The summed E-state index contributed by atoms with van der Waals surface area (Å²) in [4.78, 5) is 0. The highest BCUT2D eigenvalue weighted by molar-refractivity contribution is 7.75. The zero-order chi connectivity index (χ0) is 4.99. The summed E-state index contributed by atoms with van der Waals surface area (Å²) in [5.74, 6) is 2.32. The molecule has 0 unspecified atom stereocenters. The summed E-state index contributed by atoms with van der Waals surface area (Å²) in [6, 6.07) is 0. The van der Waals surface area contributed by atoms with E-state index in [0.29, 0.717) is 0 Å². The molecule has 0 amide bonds. The molecule has 0 aliphatic rings. The maximum Gasteiger partial charge on any atom is 0.129 e. The fourth-order valence-electron chi connectivity index (χ4n) is 0.0304. The van der Waals surface area contributed by atoms with Crippen molar-refractivity contribution in [2.24, 2.45) is 0 Å². The second-order valence-electron chi connectivity index (χ2n) is 0.914. The zero-order valence-electron chi connectivity index (χ0n) is 3.51. The molecule has 2 heteroatoms. The van der Waals surface area contributed by atoms with E-state index >= 15 is 0 Å².